The number of nitrogens with one attached hydrogen (secondary N) is 1. The lowest BCUT2D eigenvalue weighted by Gasteiger charge is -2.25. The fourth-order valence-corrected chi connectivity index (χ4v) is 3.44. The van der Waals surface area contributed by atoms with Crippen LogP contribution in [0.1, 0.15) is 34.8 Å². The van der Waals surface area contributed by atoms with Crippen molar-refractivity contribution >= 4 is 29.1 Å². The molecular weight excluding hydrogens is 343 g/mol. The number of carbonyl (C=O) groups is 1. The Morgan fingerprint density at radius 2 is 1.75 bits per heavy atom. The Bertz CT molecular complexity index is 700. The van der Waals surface area contributed by atoms with Crippen molar-refractivity contribution in [1.82, 2.24) is 10.2 Å². The van der Waals surface area contributed by atoms with Crippen molar-refractivity contribution in [1.29, 1.82) is 0 Å². The number of hydrogen-bond donors (Lipinski definition) is 1. The van der Waals surface area contributed by atoms with E-state index in [9.17, 15) is 4.79 Å². The lowest BCUT2D eigenvalue weighted by molar-refractivity contribution is 0.0927. The molecule has 1 atom stereocenters. The number of nitrogens with zero attached hydrogens (tertiary/aromatic N) is 1. The van der Waals surface area contributed by atoms with Gasteiger partial charge in [-0.15, -0.1) is 0 Å². The first-order valence-corrected chi connectivity index (χ1v) is 8.93. The maximum Gasteiger partial charge on any atom is 0.253 e. The predicted molar refractivity (Wildman–Crippen MR) is 98.8 cm³/mol. The van der Waals surface area contributed by atoms with Crippen molar-refractivity contribution in [2.75, 3.05) is 19.6 Å². The molecule has 1 N–H and O–H groups in total. The van der Waals surface area contributed by atoms with Gasteiger partial charge < -0.3 is 10.2 Å². The molecule has 126 valence electrons. The lowest BCUT2D eigenvalue weighted by atomic mass is 10.1. The van der Waals surface area contributed by atoms with Crippen LogP contribution in [0, 0.1) is 0 Å². The predicted octanol–water partition coefficient (Wildman–Crippen LogP) is 4.56. The van der Waals surface area contributed by atoms with Gasteiger partial charge in [0.1, 0.15) is 0 Å². The summed E-state index contributed by atoms with van der Waals surface area (Å²) in [6.45, 7) is 2.96. The van der Waals surface area contributed by atoms with Gasteiger partial charge in [-0.05, 0) is 43.6 Å². The minimum Gasteiger partial charge on any atom is -0.344 e. The summed E-state index contributed by atoms with van der Waals surface area (Å²) >= 11 is 12.2. The Labute approximate surface area is 152 Å². The third-order valence-corrected chi connectivity index (χ3v) is 5.16. The molecule has 1 aliphatic heterocycles. The molecule has 3 rings (SSSR count). The van der Waals surface area contributed by atoms with E-state index in [0.717, 1.165) is 25.2 Å². The van der Waals surface area contributed by atoms with E-state index in [4.69, 9.17) is 23.2 Å². The molecule has 0 bridgehead atoms. The van der Waals surface area contributed by atoms with Crippen LogP contribution < -0.4 is 5.32 Å². The molecule has 0 spiro atoms. The van der Waals surface area contributed by atoms with Crippen LogP contribution in [0.2, 0.25) is 10.0 Å². The van der Waals surface area contributed by atoms with Crippen LogP contribution in [0.25, 0.3) is 0 Å². The van der Waals surface area contributed by atoms with Gasteiger partial charge in [-0.1, -0.05) is 59.6 Å². The zero-order chi connectivity index (χ0) is 16.9. The summed E-state index contributed by atoms with van der Waals surface area (Å²) in [7, 11) is 0. The van der Waals surface area contributed by atoms with Gasteiger partial charge in [0, 0.05) is 6.54 Å². The molecule has 24 heavy (non-hydrogen) atoms. The largest absolute Gasteiger partial charge is 0.344 e. The lowest BCUT2D eigenvalue weighted by Crippen LogP contribution is -2.37. The van der Waals surface area contributed by atoms with Gasteiger partial charge in [0.25, 0.3) is 5.91 Å². The first kappa shape index (κ1) is 17.3. The molecule has 1 saturated heterocycles. The molecule has 0 radical (unpaired) electrons. The Hall–Kier alpha value is -1.55. The van der Waals surface area contributed by atoms with E-state index in [-0.39, 0.29) is 11.9 Å². The Balaban J connectivity index is 1.80. The number of rotatable bonds is 5. The van der Waals surface area contributed by atoms with Gasteiger partial charge in [0.15, 0.2) is 0 Å². The quantitative estimate of drug-likeness (QED) is 0.845. The summed E-state index contributed by atoms with van der Waals surface area (Å²) in [4.78, 5) is 15.1. The zero-order valence-electron chi connectivity index (χ0n) is 13.3. The molecule has 2 aromatic carbocycles. The summed E-state index contributed by atoms with van der Waals surface area (Å²) in [5, 5.41) is 3.81. The minimum atomic E-state index is -0.199. The van der Waals surface area contributed by atoms with E-state index in [1.807, 2.05) is 30.3 Å². The van der Waals surface area contributed by atoms with Crippen molar-refractivity contribution in [3.63, 3.8) is 0 Å². The van der Waals surface area contributed by atoms with E-state index < -0.39 is 0 Å². The molecule has 5 heteroatoms. The van der Waals surface area contributed by atoms with Gasteiger partial charge in [-0.2, -0.15) is 0 Å². The van der Waals surface area contributed by atoms with E-state index in [1.54, 1.807) is 18.2 Å². The van der Waals surface area contributed by atoms with Crippen LogP contribution in [0.5, 0.6) is 0 Å². The highest BCUT2D eigenvalue weighted by atomic mass is 35.5. The highest BCUT2D eigenvalue weighted by Crippen LogP contribution is 2.26. The standard InChI is InChI=1S/C19H20Cl2N2O/c20-16-10-6-9-15(18(16)21)19(24)22-17(13-23-11-4-5-12-23)14-7-2-1-3-8-14/h1-3,6-10,17H,4-5,11-13H2,(H,22,24). The monoisotopic (exact) mass is 362 g/mol. The number of carbonyl (C=O) groups excluding carboxylic acids is 1. The summed E-state index contributed by atoms with van der Waals surface area (Å²) in [5.74, 6) is -0.199. The molecule has 3 nitrogen and oxygen atoms in total. The fraction of sp³-hybridized carbons (Fsp3) is 0.316. The molecular formula is C19H20Cl2N2O. The van der Waals surface area contributed by atoms with Crippen molar-refractivity contribution < 1.29 is 4.79 Å². The Morgan fingerprint density at radius 3 is 2.46 bits per heavy atom. The number of hydrogen-bond acceptors (Lipinski definition) is 2. The highest BCUT2D eigenvalue weighted by Gasteiger charge is 2.22. The summed E-state index contributed by atoms with van der Waals surface area (Å²) in [5.41, 5.74) is 1.50. The van der Waals surface area contributed by atoms with Crippen molar-refractivity contribution in [2.24, 2.45) is 0 Å². The average Bonchev–Trinajstić information content (AvgIpc) is 3.10. The van der Waals surface area contributed by atoms with Gasteiger partial charge in [-0.25, -0.2) is 0 Å². The molecule has 1 unspecified atom stereocenters. The van der Waals surface area contributed by atoms with Crippen LogP contribution in [0.4, 0.5) is 0 Å². The van der Waals surface area contributed by atoms with E-state index in [2.05, 4.69) is 10.2 Å². The third-order valence-electron chi connectivity index (χ3n) is 4.34. The maximum absolute atomic E-state index is 12.7. The second-order valence-electron chi connectivity index (χ2n) is 6.05. The minimum absolute atomic E-state index is 0.0770. The first-order chi connectivity index (χ1) is 11.6. The van der Waals surface area contributed by atoms with Crippen LogP contribution in [0.15, 0.2) is 48.5 Å². The van der Waals surface area contributed by atoms with E-state index >= 15 is 0 Å². The smallest absolute Gasteiger partial charge is 0.253 e. The number of benzene rings is 2. The summed E-state index contributed by atoms with van der Waals surface area (Å²) in [6, 6.07) is 15.1. The number of likely N-dealkylation sites (tertiary alicyclic amines) is 1. The average molecular weight is 363 g/mol. The van der Waals surface area contributed by atoms with E-state index in [1.165, 1.54) is 12.8 Å². The highest BCUT2D eigenvalue weighted by molar-refractivity contribution is 6.43. The van der Waals surface area contributed by atoms with Crippen molar-refractivity contribution in [3.05, 3.63) is 69.7 Å². The van der Waals surface area contributed by atoms with Gasteiger partial charge in [0.2, 0.25) is 0 Å². The molecule has 1 fully saturated rings. The molecule has 0 aliphatic carbocycles. The van der Waals surface area contributed by atoms with Gasteiger partial charge in [0.05, 0.1) is 21.7 Å². The van der Waals surface area contributed by atoms with Crippen LogP contribution in [0.3, 0.4) is 0 Å². The van der Waals surface area contributed by atoms with Crippen molar-refractivity contribution in [3.8, 4) is 0 Å². The second kappa shape index (κ2) is 8.02. The SMILES string of the molecule is O=C(NC(CN1CCCC1)c1ccccc1)c1cccc(Cl)c1Cl. The molecule has 0 aromatic heterocycles. The summed E-state index contributed by atoms with van der Waals surface area (Å²) in [6.07, 6.45) is 2.44. The van der Waals surface area contributed by atoms with Crippen LogP contribution >= 0.6 is 23.2 Å². The second-order valence-corrected chi connectivity index (χ2v) is 6.83. The van der Waals surface area contributed by atoms with E-state index in [0.29, 0.717) is 15.6 Å². The van der Waals surface area contributed by atoms with Crippen molar-refractivity contribution in [2.45, 2.75) is 18.9 Å². The fourth-order valence-electron chi connectivity index (χ4n) is 3.06. The zero-order valence-corrected chi connectivity index (χ0v) is 14.9. The first-order valence-electron chi connectivity index (χ1n) is 8.17. The number of halogens is 2. The third kappa shape index (κ3) is 4.10. The molecule has 0 saturated carbocycles. The van der Waals surface area contributed by atoms with Crippen LogP contribution in [-0.4, -0.2) is 30.4 Å². The van der Waals surface area contributed by atoms with Gasteiger partial charge >= 0.3 is 0 Å². The maximum atomic E-state index is 12.7. The molecule has 2 aromatic rings. The van der Waals surface area contributed by atoms with Crippen LogP contribution in [-0.2, 0) is 0 Å². The normalized spacial score (nSPS) is 16.1. The van der Waals surface area contributed by atoms with Gasteiger partial charge in [-0.3, -0.25) is 4.79 Å². The number of amides is 1. The Kier molecular flexibility index (Phi) is 5.77. The molecule has 1 amide bonds. The molecule has 1 heterocycles. The molecule has 1 aliphatic rings. The Morgan fingerprint density at radius 1 is 1.04 bits per heavy atom. The summed E-state index contributed by atoms with van der Waals surface area (Å²) < 4.78 is 0. The topological polar surface area (TPSA) is 32.3 Å².